The minimum absolute atomic E-state index is 0.377. The van der Waals surface area contributed by atoms with Gasteiger partial charge in [-0.3, -0.25) is 10.4 Å². The second-order valence-electron chi connectivity index (χ2n) is 4.51. The maximum atomic E-state index is 6.07. The van der Waals surface area contributed by atoms with Crippen LogP contribution in [0.1, 0.15) is 5.56 Å². The summed E-state index contributed by atoms with van der Waals surface area (Å²) in [6.07, 6.45) is 1.69. The van der Waals surface area contributed by atoms with Gasteiger partial charge in [0.05, 0.1) is 24.1 Å². The van der Waals surface area contributed by atoms with Crippen molar-refractivity contribution in [3.8, 4) is 5.75 Å². The topological polar surface area (TPSA) is 62.3 Å². The van der Waals surface area contributed by atoms with Crippen LogP contribution in [0.25, 0.3) is 5.70 Å². The summed E-state index contributed by atoms with van der Waals surface area (Å²) in [6.45, 7) is 4.04. The van der Waals surface area contributed by atoms with Crippen molar-refractivity contribution >= 4 is 34.6 Å². The highest BCUT2D eigenvalue weighted by Crippen LogP contribution is 2.39. The van der Waals surface area contributed by atoms with Gasteiger partial charge in [0.1, 0.15) is 5.15 Å². The Balaban J connectivity index is 2.06. The summed E-state index contributed by atoms with van der Waals surface area (Å²) in [6, 6.07) is 5.38. The van der Waals surface area contributed by atoms with E-state index in [4.69, 9.17) is 16.3 Å². The number of aromatic nitrogens is 2. The number of ether oxygens (including phenoxy) is 1. The fourth-order valence-electron chi connectivity index (χ4n) is 2.16. The summed E-state index contributed by atoms with van der Waals surface area (Å²) < 4.78 is 5.29. The molecule has 1 aliphatic rings. The van der Waals surface area contributed by atoms with Crippen LogP contribution >= 0.6 is 11.6 Å². The molecule has 3 rings (SSSR count). The van der Waals surface area contributed by atoms with Crippen LogP contribution in [0, 0.1) is 0 Å². The van der Waals surface area contributed by atoms with E-state index in [0.29, 0.717) is 22.5 Å². The molecule has 0 spiro atoms. The predicted octanol–water partition coefficient (Wildman–Crippen LogP) is 3.13. The quantitative estimate of drug-likeness (QED) is 0.850. The van der Waals surface area contributed by atoms with Gasteiger partial charge in [-0.1, -0.05) is 18.2 Å². The van der Waals surface area contributed by atoms with E-state index in [2.05, 4.69) is 27.3 Å². The van der Waals surface area contributed by atoms with Crippen molar-refractivity contribution in [2.45, 2.75) is 0 Å². The second kappa shape index (κ2) is 5.14. The molecule has 2 N–H and O–H groups in total. The third-order valence-corrected chi connectivity index (χ3v) is 3.39. The average molecular weight is 304 g/mol. The fraction of sp³-hybridized carbons (Fsp3) is 0.143. The van der Waals surface area contributed by atoms with Gasteiger partial charge in [-0.2, -0.15) is 0 Å². The van der Waals surface area contributed by atoms with E-state index in [-0.39, 0.29) is 0 Å². The van der Waals surface area contributed by atoms with Crippen molar-refractivity contribution in [1.82, 2.24) is 15.0 Å². The second-order valence-corrected chi connectivity index (χ2v) is 4.90. The Hall–Kier alpha value is -2.47. The van der Waals surface area contributed by atoms with Crippen molar-refractivity contribution in [2.24, 2.45) is 0 Å². The standard InChI is InChI=1S/C14H14ClN5O/c1-8-12-9(7-11(15)18-14(12)19-20(8)2)17-13-10(21-3)5-4-6-16-13/h4-7H,1H2,2-3H3,(H2,16,17,18,19). The summed E-state index contributed by atoms with van der Waals surface area (Å²) >= 11 is 6.07. The molecule has 2 aromatic rings. The minimum Gasteiger partial charge on any atom is -0.493 e. The van der Waals surface area contributed by atoms with E-state index in [1.54, 1.807) is 24.4 Å². The molecule has 0 saturated carbocycles. The Morgan fingerprint density at radius 3 is 3.05 bits per heavy atom. The van der Waals surface area contributed by atoms with Crippen molar-refractivity contribution in [3.05, 3.63) is 41.7 Å². The molecule has 0 atom stereocenters. The number of halogens is 1. The van der Waals surface area contributed by atoms with Gasteiger partial charge in [-0.15, -0.1) is 0 Å². The molecule has 0 saturated heterocycles. The number of hydrogen-bond donors (Lipinski definition) is 2. The molecule has 0 unspecified atom stereocenters. The molecule has 7 heteroatoms. The summed E-state index contributed by atoms with van der Waals surface area (Å²) in [7, 11) is 3.46. The number of anilines is 3. The highest BCUT2D eigenvalue weighted by molar-refractivity contribution is 6.30. The lowest BCUT2D eigenvalue weighted by Crippen LogP contribution is -2.15. The number of nitrogens with one attached hydrogen (secondary N) is 2. The highest BCUT2D eigenvalue weighted by atomic mass is 35.5. The maximum absolute atomic E-state index is 6.07. The van der Waals surface area contributed by atoms with Crippen LogP contribution in [0.5, 0.6) is 5.75 Å². The first kappa shape index (κ1) is 13.5. The number of hydrogen-bond acceptors (Lipinski definition) is 6. The summed E-state index contributed by atoms with van der Waals surface area (Å²) in [5, 5.41) is 5.39. The van der Waals surface area contributed by atoms with Crippen LogP contribution in [-0.4, -0.2) is 29.1 Å². The molecule has 2 aromatic heterocycles. The number of methoxy groups -OCH3 is 1. The van der Waals surface area contributed by atoms with Crippen molar-refractivity contribution in [1.29, 1.82) is 0 Å². The Bertz CT molecular complexity index is 719. The zero-order valence-corrected chi connectivity index (χ0v) is 12.4. The number of fused-ring (bicyclic) bond motifs is 1. The lowest BCUT2D eigenvalue weighted by atomic mass is 10.1. The van der Waals surface area contributed by atoms with Crippen molar-refractivity contribution < 1.29 is 4.74 Å². The zero-order chi connectivity index (χ0) is 15.0. The molecule has 6 nitrogen and oxygen atoms in total. The molecule has 0 aliphatic carbocycles. The average Bonchev–Trinajstić information content (AvgIpc) is 2.74. The van der Waals surface area contributed by atoms with Crippen LogP contribution in [0.3, 0.4) is 0 Å². The number of rotatable bonds is 3. The first-order chi connectivity index (χ1) is 10.1. The van der Waals surface area contributed by atoms with E-state index in [1.807, 2.05) is 19.2 Å². The van der Waals surface area contributed by atoms with Gasteiger partial charge >= 0.3 is 0 Å². The lowest BCUT2D eigenvalue weighted by molar-refractivity contribution is 0.415. The maximum Gasteiger partial charge on any atom is 0.173 e. The van der Waals surface area contributed by atoms with Crippen molar-refractivity contribution in [2.75, 3.05) is 24.9 Å². The first-order valence-electron chi connectivity index (χ1n) is 6.26. The molecule has 0 fully saturated rings. The van der Waals surface area contributed by atoms with E-state index in [1.165, 1.54) is 0 Å². The summed E-state index contributed by atoms with van der Waals surface area (Å²) in [4.78, 5) is 8.54. The van der Waals surface area contributed by atoms with E-state index >= 15 is 0 Å². The molecule has 0 bridgehead atoms. The predicted molar refractivity (Wildman–Crippen MR) is 83.7 cm³/mol. The van der Waals surface area contributed by atoms with Gasteiger partial charge in [0.15, 0.2) is 17.4 Å². The van der Waals surface area contributed by atoms with Gasteiger partial charge in [0.2, 0.25) is 0 Å². The fourth-order valence-corrected chi connectivity index (χ4v) is 2.35. The van der Waals surface area contributed by atoms with Crippen molar-refractivity contribution in [3.63, 3.8) is 0 Å². The SMILES string of the molecule is C=C1c2c(Nc3ncccc3OC)cc(Cl)nc2NN1C. The van der Waals surface area contributed by atoms with Gasteiger partial charge < -0.3 is 10.1 Å². The normalized spacial score (nSPS) is 12.9. The zero-order valence-electron chi connectivity index (χ0n) is 11.6. The highest BCUT2D eigenvalue weighted by Gasteiger charge is 2.25. The molecule has 21 heavy (non-hydrogen) atoms. The van der Waals surface area contributed by atoms with E-state index in [0.717, 1.165) is 16.9 Å². The van der Waals surface area contributed by atoms with Crippen LogP contribution in [0.4, 0.5) is 17.3 Å². The number of pyridine rings is 2. The molecule has 0 aromatic carbocycles. The van der Waals surface area contributed by atoms with Crippen LogP contribution in [0.15, 0.2) is 31.0 Å². The van der Waals surface area contributed by atoms with Crippen LogP contribution in [-0.2, 0) is 0 Å². The van der Waals surface area contributed by atoms with Gasteiger partial charge in [0.25, 0.3) is 0 Å². The largest absolute Gasteiger partial charge is 0.493 e. The third-order valence-electron chi connectivity index (χ3n) is 3.20. The van der Waals surface area contributed by atoms with Gasteiger partial charge in [-0.25, -0.2) is 9.97 Å². The van der Waals surface area contributed by atoms with Gasteiger partial charge in [-0.05, 0) is 18.2 Å². The molecule has 108 valence electrons. The molecule has 0 radical (unpaired) electrons. The Morgan fingerprint density at radius 1 is 1.48 bits per heavy atom. The minimum atomic E-state index is 0.377. The summed E-state index contributed by atoms with van der Waals surface area (Å²) in [5.74, 6) is 1.91. The molecule has 0 amide bonds. The number of hydrazine groups is 1. The monoisotopic (exact) mass is 303 g/mol. The third kappa shape index (κ3) is 2.34. The van der Waals surface area contributed by atoms with E-state index < -0.39 is 0 Å². The Labute approximate surface area is 127 Å². The first-order valence-corrected chi connectivity index (χ1v) is 6.64. The molecular formula is C14H14ClN5O. The summed E-state index contributed by atoms with van der Waals surface area (Å²) in [5.41, 5.74) is 5.51. The Kier molecular flexibility index (Phi) is 3.31. The number of nitrogens with zero attached hydrogens (tertiary/aromatic N) is 3. The lowest BCUT2D eigenvalue weighted by Gasteiger charge is -2.13. The van der Waals surface area contributed by atoms with Crippen LogP contribution in [0.2, 0.25) is 5.15 Å². The molecule has 3 heterocycles. The Morgan fingerprint density at radius 2 is 2.29 bits per heavy atom. The smallest absolute Gasteiger partial charge is 0.173 e. The van der Waals surface area contributed by atoms with Gasteiger partial charge in [0, 0.05) is 13.2 Å². The van der Waals surface area contributed by atoms with E-state index in [9.17, 15) is 0 Å². The molecular weight excluding hydrogens is 290 g/mol. The van der Waals surface area contributed by atoms with Crippen LogP contribution < -0.4 is 15.5 Å². The molecule has 1 aliphatic heterocycles.